The van der Waals surface area contributed by atoms with Crippen LogP contribution in [-0.4, -0.2) is 38.0 Å². The van der Waals surface area contributed by atoms with E-state index >= 15 is 0 Å². The fourth-order valence-corrected chi connectivity index (χ4v) is 10.2. The smallest absolute Gasteiger partial charge is 0.282 e. The van der Waals surface area contributed by atoms with Crippen LogP contribution < -0.4 is 0 Å². The molecule has 0 saturated heterocycles. The molecule has 0 aliphatic heterocycles. The van der Waals surface area contributed by atoms with Gasteiger partial charge in [-0.3, -0.25) is 4.55 Å². The Morgan fingerprint density at radius 1 is 1.00 bits per heavy atom. The monoisotopic (exact) mass is 392 g/mol. The van der Waals surface area contributed by atoms with Crippen molar-refractivity contribution in [3.63, 3.8) is 0 Å². The molecule has 6 heteroatoms. The summed E-state index contributed by atoms with van der Waals surface area (Å²) in [6.45, 7) is 9.25. The minimum Gasteiger partial charge on any atom is -0.282 e. The van der Waals surface area contributed by atoms with Gasteiger partial charge in [-0.25, -0.2) is 0 Å². The molecule has 22 heavy (non-hydrogen) atoms. The molecule has 0 radical (unpaired) electrons. The van der Waals surface area contributed by atoms with E-state index in [1.54, 1.807) is 12.1 Å². The molecule has 128 valence electrons. The van der Waals surface area contributed by atoms with E-state index in [0.29, 0.717) is 6.61 Å². The van der Waals surface area contributed by atoms with Crippen LogP contribution in [-0.2, 0) is 10.1 Å². The van der Waals surface area contributed by atoms with Crippen molar-refractivity contribution >= 4 is 23.4 Å². The van der Waals surface area contributed by atoms with Gasteiger partial charge in [-0.2, -0.15) is 8.42 Å². The maximum absolute atomic E-state index is 10.5. The van der Waals surface area contributed by atoms with Crippen LogP contribution in [0.15, 0.2) is 29.2 Å². The Labute approximate surface area is 138 Å². The minimum absolute atomic E-state index is 0.0666. The molecule has 0 spiro atoms. The van der Waals surface area contributed by atoms with Crippen LogP contribution in [0.25, 0.3) is 0 Å². The molecule has 0 fully saturated rings. The Hall–Kier alpha value is -0.367. The predicted octanol–water partition coefficient (Wildman–Crippen LogP) is 4.12. The topological polar surface area (TPSA) is 74.6 Å². The first-order valence-electron chi connectivity index (χ1n) is 7.89. The van der Waals surface area contributed by atoms with Crippen molar-refractivity contribution < 1.29 is 18.1 Å². The van der Waals surface area contributed by atoms with Gasteiger partial charge in [0.2, 0.25) is 0 Å². The van der Waals surface area contributed by atoms with Crippen molar-refractivity contribution in [2.45, 2.75) is 60.0 Å². The summed E-state index contributed by atoms with van der Waals surface area (Å²) in [4.78, 5) is -0.0666. The Morgan fingerprint density at radius 2 is 1.45 bits per heavy atom. The summed E-state index contributed by atoms with van der Waals surface area (Å²) in [6, 6.07) is 5.99. The van der Waals surface area contributed by atoms with Crippen LogP contribution in [0.5, 0.6) is 0 Å². The number of hydrogen-bond donors (Lipinski definition) is 2. The van der Waals surface area contributed by atoms with Crippen molar-refractivity contribution in [3.8, 4) is 0 Å². The number of rotatable bonds is 7. The van der Waals surface area contributed by atoms with Crippen molar-refractivity contribution in [3.05, 3.63) is 29.8 Å². The molecular weight excluding hydrogens is 361 g/mol. The second-order valence-electron chi connectivity index (χ2n) is 5.68. The van der Waals surface area contributed by atoms with Gasteiger partial charge >= 0.3 is 73.2 Å². The third-order valence-electron chi connectivity index (χ3n) is 4.43. The van der Waals surface area contributed by atoms with Crippen LogP contribution in [0.4, 0.5) is 0 Å². The van der Waals surface area contributed by atoms with E-state index in [9.17, 15) is 8.42 Å². The van der Waals surface area contributed by atoms with Crippen LogP contribution >= 0.6 is 0 Å². The molecule has 4 nitrogen and oxygen atoms in total. The first-order valence-corrected chi connectivity index (χ1v) is 15.3. The molecule has 0 unspecified atom stereocenters. The Morgan fingerprint density at radius 3 is 1.77 bits per heavy atom. The van der Waals surface area contributed by atoms with Gasteiger partial charge in [0.05, 0.1) is 4.90 Å². The zero-order valence-corrected chi connectivity index (χ0v) is 17.1. The molecule has 0 atom stereocenters. The molecule has 0 saturated carbocycles. The molecule has 0 aromatic heterocycles. The van der Waals surface area contributed by atoms with Crippen molar-refractivity contribution in [1.82, 2.24) is 0 Å². The molecule has 0 bridgehead atoms. The van der Waals surface area contributed by atoms with E-state index in [1.165, 1.54) is 33.1 Å². The average molecular weight is 391 g/mol. The van der Waals surface area contributed by atoms with E-state index in [2.05, 4.69) is 20.8 Å². The van der Waals surface area contributed by atoms with Crippen molar-refractivity contribution in [2.24, 2.45) is 0 Å². The van der Waals surface area contributed by atoms with Gasteiger partial charge in [0.1, 0.15) is 0 Å². The molecule has 0 aliphatic carbocycles. The predicted molar refractivity (Wildman–Crippen MR) is 94.7 cm³/mol. The number of benzene rings is 1. The van der Waals surface area contributed by atoms with E-state index in [-0.39, 0.29) is 4.90 Å². The fraction of sp³-hybridized carbons (Fsp3) is 0.625. The minimum atomic E-state index is -4.02. The zero-order valence-electron chi connectivity index (χ0n) is 14.2. The molecule has 0 amide bonds. The van der Waals surface area contributed by atoms with Gasteiger partial charge in [0.25, 0.3) is 10.1 Å². The van der Waals surface area contributed by atoms with Gasteiger partial charge in [-0.1, -0.05) is 17.7 Å². The number of aryl methyl sites for hydroxylation is 1. The third-order valence-corrected chi connectivity index (χ3v) is 17.7. The normalized spacial score (nSPS) is 11.7. The maximum atomic E-state index is 10.5. The summed E-state index contributed by atoms with van der Waals surface area (Å²) in [5, 5.41) is 14.4. The summed E-state index contributed by atoms with van der Waals surface area (Å²) in [7, 11) is -4.02. The second-order valence-corrected chi connectivity index (χ2v) is 18.9. The van der Waals surface area contributed by atoms with Crippen LogP contribution in [0, 0.1) is 6.92 Å². The van der Waals surface area contributed by atoms with Crippen molar-refractivity contribution in [2.75, 3.05) is 6.61 Å². The number of aliphatic hydroxyl groups excluding tert-OH is 1. The maximum Gasteiger partial charge on any atom is 0.294 e. The summed E-state index contributed by atoms with van der Waals surface area (Å²) >= 11 is -1.39. The van der Waals surface area contributed by atoms with Gasteiger partial charge in [-0.15, -0.1) is 0 Å². The quantitative estimate of drug-likeness (QED) is 0.542. The fourth-order valence-electron chi connectivity index (χ4n) is 2.44. The average Bonchev–Trinajstić information content (AvgIpc) is 2.49. The van der Waals surface area contributed by atoms with E-state index in [1.807, 2.05) is 6.92 Å². The first kappa shape index (κ1) is 21.6. The van der Waals surface area contributed by atoms with Gasteiger partial charge in [-0.05, 0) is 19.1 Å². The Balaban J connectivity index is 0.000000401. The van der Waals surface area contributed by atoms with Gasteiger partial charge in [0.15, 0.2) is 0 Å². The standard InChI is InChI=1S/C9H22GeO.C7H8O3S/c1-4-10(5-2,6-3)8-7-9-11;1-6-2-4-7(5-3-6)11(8,9)10/h11H,4-9H2,1-3H3;2-5H,1H3,(H,8,9,10). The SMILES string of the molecule is C[CH2][Ge]([CH2]C)([CH2]C)[CH2]CCO.Cc1ccc(S(=O)(=O)O)cc1. The molecule has 1 aromatic carbocycles. The van der Waals surface area contributed by atoms with Gasteiger partial charge in [0, 0.05) is 0 Å². The number of aliphatic hydroxyl groups is 1. The van der Waals surface area contributed by atoms with E-state index < -0.39 is 23.4 Å². The molecule has 1 aromatic rings. The second kappa shape index (κ2) is 10.4. The Kier molecular flexibility index (Phi) is 10.2. The summed E-state index contributed by atoms with van der Waals surface area (Å²) < 4.78 is 29.6. The Bertz CT molecular complexity index is 499. The van der Waals surface area contributed by atoms with Gasteiger partial charge < -0.3 is 0 Å². The zero-order chi connectivity index (χ0) is 17.2. The summed E-state index contributed by atoms with van der Waals surface area (Å²) in [6.07, 6.45) is 1.05. The third kappa shape index (κ3) is 7.76. The van der Waals surface area contributed by atoms with E-state index in [4.69, 9.17) is 9.66 Å². The molecule has 0 heterocycles. The molecule has 0 aliphatic rings. The summed E-state index contributed by atoms with van der Waals surface area (Å²) in [5.41, 5.74) is 0.956. The van der Waals surface area contributed by atoms with Crippen LogP contribution in [0.2, 0.25) is 21.0 Å². The molecule has 1 rings (SSSR count). The first-order chi connectivity index (χ1) is 10.2. The summed E-state index contributed by atoms with van der Waals surface area (Å²) in [5.74, 6) is 0. The number of hydrogen-bond acceptors (Lipinski definition) is 3. The molecular formula is C16H30GeO4S. The van der Waals surface area contributed by atoms with E-state index in [0.717, 1.165) is 12.0 Å². The van der Waals surface area contributed by atoms with Crippen LogP contribution in [0.3, 0.4) is 0 Å². The van der Waals surface area contributed by atoms with Crippen LogP contribution in [0.1, 0.15) is 32.8 Å². The largest absolute Gasteiger partial charge is 0.294 e. The van der Waals surface area contributed by atoms with Crippen molar-refractivity contribution in [1.29, 1.82) is 0 Å². The molecule has 2 N–H and O–H groups in total.